The van der Waals surface area contributed by atoms with Gasteiger partial charge in [0.1, 0.15) is 11.5 Å². The predicted octanol–water partition coefficient (Wildman–Crippen LogP) is 4.62. The summed E-state index contributed by atoms with van der Waals surface area (Å²) >= 11 is 0.126. The van der Waals surface area contributed by atoms with E-state index in [0.29, 0.717) is 22.4 Å². The first-order valence-corrected chi connectivity index (χ1v) is 10.6. The Bertz CT molecular complexity index is 1260. The van der Waals surface area contributed by atoms with Crippen LogP contribution in [0.15, 0.2) is 42.7 Å². The zero-order chi connectivity index (χ0) is 23.8. The Morgan fingerprint density at radius 1 is 1.18 bits per heavy atom. The van der Waals surface area contributed by atoms with Crippen LogP contribution < -0.4 is 10.6 Å². The van der Waals surface area contributed by atoms with E-state index in [1.165, 1.54) is 35.5 Å². The van der Waals surface area contributed by atoms with E-state index in [1.807, 2.05) is 6.92 Å². The van der Waals surface area contributed by atoms with Crippen molar-refractivity contribution < 1.29 is 21.9 Å². The van der Waals surface area contributed by atoms with Crippen LogP contribution >= 0.6 is 12.1 Å². The van der Waals surface area contributed by atoms with Gasteiger partial charge in [0.25, 0.3) is 5.91 Å². The number of amides is 1. The number of hydrogen-bond acceptors (Lipinski definition) is 5. The summed E-state index contributed by atoms with van der Waals surface area (Å²) in [7, 11) is 0. The van der Waals surface area contributed by atoms with Gasteiger partial charge in [-0.3, -0.25) is 9.48 Å². The maximum atomic E-state index is 13.2. The Kier molecular flexibility index (Phi) is 6.03. The number of alkyl halides is 3. The second-order valence-corrected chi connectivity index (χ2v) is 7.94. The fourth-order valence-corrected chi connectivity index (χ4v) is 3.90. The van der Waals surface area contributed by atoms with Crippen LogP contribution in [0.1, 0.15) is 45.7 Å². The molecule has 0 spiro atoms. The van der Waals surface area contributed by atoms with Crippen molar-refractivity contribution in [3.63, 3.8) is 0 Å². The van der Waals surface area contributed by atoms with Gasteiger partial charge in [0.2, 0.25) is 0 Å². The third-order valence-corrected chi connectivity index (χ3v) is 5.59. The summed E-state index contributed by atoms with van der Waals surface area (Å²) in [6.45, 7) is 2.09. The summed E-state index contributed by atoms with van der Waals surface area (Å²) in [6, 6.07) is 5.73. The van der Waals surface area contributed by atoms with Crippen LogP contribution in [0.4, 0.5) is 28.6 Å². The minimum Gasteiger partial charge on any atom is -0.384 e. The number of nitrogens with two attached hydrogens (primary N) is 1. The van der Waals surface area contributed by atoms with Crippen molar-refractivity contribution in [2.24, 2.45) is 0 Å². The average Bonchev–Trinajstić information content (AvgIpc) is 3.20. The molecule has 3 aromatic rings. The van der Waals surface area contributed by atoms with Crippen molar-refractivity contribution in [3.8, 4) is 11.8 Å². The number of pyridine rings is 1. The maximum absolute atomic E-state index is 13.2. The van der Waals surface area contributed by atoms with E-state index in [9.17, 15) is 21.9 Å². The molecule has 1 aliphatic heterocycles. The van der Waals surface area contributed by atoms with E-state index in [0.717, 1.165) is 12.1 Å². The minimum atomic E-state index is -4.46. The highest BCUT2D eigenvalue weighted by molar-refractivity contribution is 7.93. The Morgan fingerprint density at radius 3 is 2.55 bits per heavy atom. The number of nitrogens with zero attached hydrogens (tertiary/aromatic N) is 4. The van der Waals surface area contributed by atoms with Gasteiger partial charge in [0.15, 0.2) is 0 Å². The number of hydrogen-bond donors (Lipinski definition) is 1. The molecule has 0 unspecified atom stereocenters. The van der Waals surface area contributed by atoms with Crippen molar-refractivity contribution in [3.05, 3.63) is 70.7 Å². The predicted molar refractivity (Wildman–Crippen MR) is 117 cm³/mol. The fourth-order valence-electron chi connectivity index (χ4n) is 3.55. The summed E-state index contributed by atoms with van der Waals surface area (Å²) < 4.78 is 53.0. The van der Waals surface area contributed by atoms with Gasteiger partial charge >= 0.3 is 6.18 Å². The number of halogens is 4. The molecule has 0 bridgehead atoms. The van der Waals surface area contributed by atoms with Crippen LogP contribution in [0.2, 0.25) is 0 Å². The Balaban J connectivity index is 1.68. The molecule has 0 radical (unpaired) electrons. The van der Waals surface area contributed by atoms with Gasteiger partial charge in [0, 0.05) is 36.1 Å². The standard InChI is InChI=1S/C22H17F4N5OS/c1-13-11-30(18-6-4-17(5-7-18)22(23,24)25)21(32)20-15(10-29-31(13)20)3-2-14-9-28-19(27)8-16(14)12-33-26/h4-10,13H,11-12H2,1H3,(H2,27,28)/t13-/m0/s1. The van der Waals surface area contributed by atoms with Crippen molar-refractivity contribution in [2.75, 3.05) is 17.2 Å². The van der Waals surface area contributed by atoms with Gasteiger partial charge in [-0.2, -0.15) is 22.2 Å². The molecule has 6 nitrogen and oxygen atoms in total. The van der Waals surface area contributed by atoms with Crippen LogP contribution in [0, 0.1) is 11.8 Å². The van der Waals surface area contributed by atoms with Gasteiger partial charge in [-0.25, -0.2) is 4.98 Å². The van der Waals surface area contributed by atoms with Crippen molar-refractivity contribution >= 4 is 29.6 Å². The van der Waals surface area contributed by atoms with Gasteiger partial charge in [0.05, 0.1) is 29.1 Å². The number of carbonyl (C=O) groups excluding carboxylic acids is 1. The molecule has 33 heavy (non-hydrogen) atoms. The summed E-state index contributed by atoms with van der Waals surface area (Å²) in [4.78, 5) is 18.6. The molecule has 0 fully saturated rings. The average molecular weight is 475 g/mol. The molecule has 0 saturated carbocycles. The first-order valence-electron chi connectivity index (χ1n) is 9.75. The van der Waals surface area contributed by atoms with E-state index >= 15 is 0 Å². The lowest BCUT2D eigenvalue weighted by Gasteiger charge is -2.32. The summed E-state index contributed by atoms with van der Waals surface area (Å²) in [5, 5.41) is 4.27. The molecule has 4 rings (SSSR count). The van der Waals surface area contributed by atoms with Crippen molar-refractivity contribution in [1.29, 1.82) is 0 Å². The van der Waals surface area contributed by atoms with E-state index in [-0.39, 0.29) is 42.0 Å². The lowest BCUT2D eigenvalue weighted by atomic mass is 10.1. The SMILES string of the molecule is C[C@H]1CN(c2ccc(C(F)(F)F)cc2)C(=O)c2c(C#Cc3cnc(N)cc3CSF)cnn21. The zero-order valence-electron chi connectivity index (χ0n) is 17.2. The maximum Gasteiger partial charge on any atom is 0.416 e. The first kappa shape index (κ1) is 22.7. The van der Waals surface area contributed by atoms with E-state index in [1.54, 1.807) is 4.68 Å². The topological polar surface area (TPSA) is 77.0 Å². The molecule has 2 N–H and O–H groups in total. The third-order valence-electron chi connectivity index (χ3n) is 5.17. The fraction of sp³-hybridized carbons (Fsp3) is 0.227. The molecular formula is C22H17F4N5OS. The van der Waals surface area contributed by atoms with Crippen LogP contribution in [-0.2, 0) is 11.9 Å². The minimum absolute atomic E-state index is 0.0422. The quantitative estimate of drug-likeness (QED) is 0.442. The molecule has 1 amide bonds. The number of fused-ring (bicyclic) bond motifs is 1. The van der Waals surface area contributed by atoms with Crippen LogP contribution in [0.25, 0.3) is 0 Å². The van der Waals surface area contributed by atoms with Crippen LogP contribution in [0.5, 0.6) is 0 Å². The second kappa shape index (κ2) is 8.78. The van der Waals surface area contributed by atoms with Gasteiger partial charge in [-0.05, 0) is 42.8 Å². The molecule has 0 saturated heterocycles. The smallest absolute Gasteiger partial charge is 0.384 e. The number of benzene rings is 1. The molecule has 170 valence electrons. The lowest BCUT2D eigenvalue weighted by Crippen LogP contribution is -2.43. The summed E-state index contributed by atoms with van der Waals surface area (Å²) in [5.74, 6) is 5.65. The Morgan fingerprint density at radius 2 is 1.88 bits per heavy atom. The number of carbonyl (C=O) groups is 1. The van der Waals surface area contributed by atoms with Gasteiger partial charge in [-0.1, -0.05) is 11.8 Å². The highest BCUT2D eigenvalue weighted by atomic mass is 32.2. The van der Waals surface area contributed by atoms with E-state index in [2.05, 4.69) is 21.9 Å². The third kappa shape index (κ3) is 4.52. The van der Waals surface area contributed by atoms with Crippen molar-refractivity contribution in [2.45, 2.75) is 24.9 Å². The molecular weight excluding hydrogens is 458 g/mol. The molecule has 1 aromatic carbocycles. The molecule has 2 aromatic heterocycles. The second-order valence-electron chi connectivity index (χ2n) is 7.43. The zero-order valence-corrected chi connectivity index (χ0v) is 18.0. The van der Waals surface area contributed by atoms with E-state index < -0.39 is 17.6 Å². The summed E-state index contributed by atoms with van der Waals surface area (Å²) in [5.41, 5.74) is 6.81. The first-order chi connectivity index (χ1) is 15.7. The molecule has 11 heteroatoms. The lowest BCUT2D eigenvalue weighted by molar-refractivity contribution is -0.137. The number of rotatable bonds is 3. The summed E-state index contributed by atoms with van der Waals surface area (Å²) in [6.07, 6.45) is -1.57. The van der Waals surface area contributed by atoms with Gasteiger partial charge in [-0.15, -0.1) is 0 Å². The number of anilines is 2. The molecule has 0 aliphatic carbocycles. The largest absolute Gasteiger partial charge is 0.416 e. The van der Waals surface area contributed by atoms with E-state index in [4.69, 9.17) is 5.73 Å². The highest BCUT2D eigenvalue weighted by Crippen LogP contribution is 2.32. The number of aromatic nitrogens is 3. The monoisotopic (exact) mass is 475 g/mol. The highest BCUT2D eigenvalue weighted by Gasteiger charge is 2.34. The molecule has 3 heterocycles. The molecule has 1 aliphatic rings. The van der Waals surface area contributed by atoms with Crippen LogP contribution in [-0.4, -0.2) is 27.2 Å². The van der Waals surface area contributed by atoms with Crippen LogP contribution in [0.3, 0.4) is 0 Å². The normalized spacial score (nSPS) is 15.7. The number of nitrogen functional groups attached to an aromatic ring is 1. The Hall–Kier alpha value is -3.52. The molecule has 1 atom stereocenters. The van der Waals surface area contributed by atoms with Crippen molar-refractivity contribution in [1.82, 2.24) is 14.8 Å². The van der Waals surface area contributed by atoms with Gasteiger partial charge < -0.3 is 10.6 Å². The Labute approximate surface area is 191 Å².